The van der Waals surface area contributed by atoms with Crippen LogP contribution >= 0.6 is 11.6 Å². The molecule has 0 radical (unpaired) electrons. The van der Waals surface area contributed by atoms with Crippen molar-refractivity contribution in [1.29, 1.82) is 0 Å². The standard InChI is InChI=1S/C20H18ClN3O4/c21-16-5-3-12(23(25)26)8-14(16)20-19-11-2-1-10(7-11)18(19)15-9-13(24(27)28)4-6-17(15)22-20/h3-6,8-11,18-20,22H,1-2,7H2/t10-,11-,18+,19+,20-/m0/s1. The molecular formula is C20H18ClN3O4. The number of hydrogen-bond donors (Lipinski definition) is 1. The molecule has 28 heavy (non-hydrogen) atoms. The molecule has 1 heterocycles. The average Bonchev–Trinajstić information content (AvgIpc) is 3.29. The summed E-state index contributed by atoms with van der Waals surface area (Å²) in [5, 5.41) is 26.6. The van der Waals surface area contributed by atoms with E-state index in [0.717, 1.165) is 36.1 Å². The van der Waals surface area contributed by atoms with Gasteiger partial charge in [-0.15, -0.1) is 0 Å². The van der Waals surface area contributed by atoms with Crippen molar-refractivity contribution in [3.63, 3.8) is 0 Å². The summed E-state index contributed by atoms with van der Waals surface area (Å²) in [7, 11) is 0. The van der Waals surface area contributed by atoms with E-state index < -0.39 is 4.92 Å². The average molecular weight is 400 g/mol. The molecule has 0 aromatic heterocycles. The lowest BCUT2D eigenvalue weighted by molar-refractivity contribution is -0.385. The van der Waals surface area contributed by atoms with E-state index in [1.165, 1.54) is 12.1 Å². The summed E-state index contributed by atoms with van der Waals surface area (Å²) >= 11 is 6.47. The van der Waals surface area contributed by atoms with E-state index in [4.69, 9.17) is 11.6 Å². The van der Waals surface area contributed by atoms with Crippen molar-refractivity contribution in [2.75, 3.05) is 5.32 Å². The smallest absolute Gasteiger partial charge is 0.269 e. The maximum atomic E-state index is 11.3. The number of rotatable bonds is 3. The van der Waals surface area contributed by atoms with E-state index >= 15 is 0 Å². The molecule has 144 valence electrons. The van der Waals surface area contributed by atoms with Gasteiger partial charge in [0.15, 0.2) is 0 Å². The number of nitro benzene ring substituents is 2. The third-order valence-electron chi connectivity index (χ3n) is 6.81. The summed E-state index contributed by atoms with van der Waals surface area (Å²) in [6.07, 6.45) is 3.35. The van der Waals surface area contributed by atoms with Gasteiger partial charge in [0, 0.05) is 40.5 Å². The first-order valence-corrected chi connectivity index (χ1v) is 9.80. The van der Waals surface area contributed by atoms with Gasteiger partial charge in [-0.25, -0.2) is 0 Å². The Kier molecular flexibility index (Phi) is 3.84. The molecule has 5 rings (SSSR count). The van der Waals surface area contributed by atoms with Crippen LogP contribution in [0.15, 0.2) is 36.4 Å². The second-order valence-electron chi connectivity index (χ2n) is 8.05. The third-order valence-corrected chi connectivity index (χ3v) is 7.15. The SMILES string of the molecule is O=[N+]([O-])c1ccc2c(c1)[C@H]1[C@H]3CC[C@@H](C3)[C@H]1[C@H](c1cc([N+](=O)[O-])ccc1Cl)N2. The molecular weight excluding hydrogens is 382 g/mol. The Hall–Kier alpha value is -2.67. The summed E-state index contributed by atoms with van der Waals surface area (Å²) < 4.78 is 0. The zero-order valence-electron chi connectivity index (χ0n) is 14.9. The Morgan fingerprint density at radius 2 is 1.57 bits per heavy atom. The Morgan fingerprint density at radius 3 is 2.29 bits per heavy atom. The van der Waals surface area contributed by atoms with Gasteiger partial charge in [0.25, 0.3) is 11.4 Å². The summed E-state index contributed by atoms with van der Waals surface area (Å²) in [6.45, 7) is 0. The Bertz CT molecular complexity index is 1010. The number of nitrogens with one attached hydrogen (secondary N) is 1. The lowest BCUT2D eigenvalue weighted by Gasteiger charge is -2.43. The number of nitrogens with zero attached hydrogens (tertiary/aromatic N) is 2. The zero-order valence-corrected chi connectivity index (χ0v) is 15.6. The first kappa shape index (κ1) is 17.4. The summed E-state index contributed by atoms with van der Waals surface area (Å²) in [4.78, 5) is 21.8. The third kappa shape index (κ3) is 2.49. The highest BCUT2D eigenvalue weighted by Crippen LogP contribution is 2.64. The molecule has 1 N–H and O–H groups in total. The molecule has 0 amide bonds. The van der Waals surface area contributed by atoms with Crippen LogP contribution in [0, 0.1) is 38.0 Å². The fourth-order valence-corrected chi connectivity index (χ4v) is 6.01. The van der Waals surface area contributed by atoms with Gasteiger partial charge in [0.1, 0.15) is 0 Å². The number of anilines is 1. The second kappa shape index (κ2) is 6.17. The highest BCUT2D eigenvalue weighted by atomic mass is 35.5. The Labute approximate surface area is 166 Å². The molecule has 2 fully saturated rings. The molecule has 2 aromatic rings. The van der Waals surface area contributed by atoms with Gasteiger partial charge in [0.2, 0.25) is 0 Å². The predicted octanol–water partition coefficient (Wildman–Crippen LogP) is 5.45. The minimum absolute atomic E-state index is 0.0235. The van der Waals surface area contributed by atoms with E-state index in [-0.39, 0.29) is 34.2 Å². The molecule has 2 bridgehead atoms. The predicted molar refractivity (Wildman–Crippen MR) is 105 cm³/mol. The molecule has 8 heteroatoms. The lowest BCUT2D eigenvalue weighted by Crippen LogP contribution is -2.35. The molecule has 0 spiro atoms. The largest absolute Gasteiger partial charge is 0.378 e. The molecule has 5 atom stereocenters. The molecule has 2 aliphatic carbocycles. The number of halogens is 1. The molecule has 3 aliphatic rings. The van der Waals surface area contributed by atoms with Gasteiger partial charge in [-0.05, 0) is 60.6 Å². The Balaban J connectivity index is 1.65. The minimum atomic E-state index is -0.405. The van der Waals surface area contributed by atoms with Crippen LogP contribution in [0.3, 0.4) is 0 Å². The highest BCUT2D eigenvalue weighted by molar-refractivity contribution is 6.31. The maximum absolute atomic E-state index is 11.3. The highest BCUT2D eigenvalue weighted by Gasteiger charge is 2.54. The van der Waals surface area contributed by atoms with E-state index in [0.29, 0.717) is 16.9 Å². The monoisotopic (exact) mass is 399 g/mol. The van der Waals surface area contributed by atoms with Crippen molar-refractivity contribution in [2.45, 2.75) is 31.2 Å². The van der Waals surface area contributed by atoms with Crippen LogP contribution in [0.25, 0.3) is 0 Å². The number of nitro groups is 2. The van der Waals surface area contributed by atoms with Crippen LogP contribution in [-0.2, 0) is 0 Å². The van der Waals surface area contributed by atoms with Crippen LogP contribution < -0.4 is 5.32 Å². The fourth-order valence-electron chi connectivity index (χ4n) is 5.78. The molecule has 7 nitrogen and oxygen atoms in total. The van der Waals surface area contributed by atoms with Gasteiger partial charge in [-0.2, -0.15) is 0 Å². The Morgan fingerprint density at radius 1 is 0.929 bits per heavy atom. The van der Waals surface area contributed by atoms with Crippen LogP contribution in [0.4, 0.5) is 17.1 Å². The second-order valence-corrected chi connectivity index (χ2v) is 8.46. The van der Waals surface area contributed by atoms with Crippen LogP contribution in [-0.4, -0.2) is 9.85 Å². The molecule has 0 saturated heterocycles. The van der Waals surface area contributed by atoms with Crippen molar-refractivity contribution < 1.29 is 9.85 Å². The molecule has 2 saturated carbocycles. The first-order chi connectivity index (χ1) is 13.4. The van der Waals surface area contributed by atoms with Crippen molar-refractivity contribution in [1.82, 2.24) is 0 Å². The normalized spacial score (nSPS) is 29.7. The number of benzene rings is 2. The van der Waals surface area contributed by atoms with Crippen LogP contribution in [0.2, 0.25) is 5.02 Å². The van der Waals surface area contributed by atoms with E-state index in [2.05, 4.69) is 5.32 Å². The molecule has 1 aliphatic heterocycles. The van der Waals surface area contributed by atoms with Crippen LogP contribution in [0.1, 0.15) is 42.3 Å². The lowest BCUT2D eigenvalue weighted by atomic mass is 9.68. The van der Waals surface area contributed by atoms with Gasteiger partial charge in [-0.3, -0.25) is 20.2 Å². The van der Waals surface area contributed by atoms with Crippen molar-refractivity contribution in [3.8, 4) is 0 Å². The van der Waals surface area contributed by atoms with Crippen molar-refractivity contribution in [2.24, 2.45) is 17.8 Å². The van der Waals surface area contributed by atoms with Crippen LogP contribution in [0.5, 0.6) is 0 Å². The summed E-state index contributed by atoms with van der Waals surface area (Å²) in [5.41, 5.74) is 2.74. The number of non-ortho nitro benzene ring substituents is 2. The van der Waals surface area contributed by atoms with Gasteiger partial charge < -0.3 is 5.32 Å². The minimum Gasteiger partial charge on any atom is -0.378 e. The maximum Gasteiger partial charge on any atom is 0.269 e. The quantitative estimate of drug-likeness (QED) is 0.546. The van der Waals surface area contributed by atoms with Gasteiger partial charge in [0.05, 0.1) is 15.9 Å². The summed E-state index contributed by atoms with van der Waals surface area (Å²) in [5.74, 6) is 1.44. The van der Waals surface area contributed by atoms with Gasteiger partial charge in [-0.1, -0.05) is 11.6 Å². The van der Waals surface area contributed by atoms with E-state index in [9.17, 15) is 20.2 Å². The van der Waals surface area contributed by atoms with Crippen molar-refractivity contribution in [3.05, 3.63) is 72.8 Å². The zero-order chi connectivity index (χ0) is 19.6. The van der Waals surface area contributed by atoms with Gasteiger partial charge >= 0.3 is 0 Å². The molecule has 0 unspecified atom stereocenters. The molecule has 2 aromatic carbocycles. The van der Waals surface area contributed by atoms with E-state index in [1.54, 1.807) is 24.3 Å². The topological polar surface area (TPSA) is 98.3 Å². The fraction of sp³-hybridized carbons (Fsp3) is 0.400. The number of hydrogen-bond acceptors (Lipinski definition) is 5. The van der Waals surface area contributed by atoms with Crippen molar-refractivity contribution >= 4 is 28.7 Å². The number of fused-ring (bicyclic) bond motifs is 7. The first-order valence-electron chi connectivity index (χ1n) is 9.42. The summed E-state index contributed by atoms with van der Waals surface area (Å²) in [6, 6.07) is 9.40. The van der Waals surface area contributed by atoms with E-state index in [1.807, 2.05) is 0 Å².